The van der Waals surface area contributed by atoms with E-state index in [0.29, 0.717) is 68.0 Å². The molecule has 4 aromatic rings. The number of piperidine rings is 3. The topological polar surface area (TPSA) is 153 Å². The number of para-hydroxylation sites is 1. The third-order valence-electron chi connectivity index (χ3n) is 13.1. The second kappa shape index (κ2) is 17.0. The Hall–Kier alpha value is -5.36. The molecule has 2 aromatic heterocycles. The predicted octanol–water partition coefficient (Wildman–Crippen LogP) is 5.62. The van der Waals surface area contributed by atoms with Gasteiger partial charge in [0.2, 0.25) is 17.7 Å². The minimum Gasteiger partial charge on any atom is -0.507 e. The van der Waals surface area contributed by atoms with Crippen LogP contribution >= 0.6 is 0 Å². The molecule has 0 spiro atoms. The molecule has 8 rings (SSSR count). The van der Waals surface area contributed by atoms with Crippen molar-refractivity contribution in [1.29, 1.82) is 0 Å². The van der Waals surface area contributed by atoms with Crippen molar-refractivity contribution in [3.8, 4) is 17.0 Å². The van der Waals surface area contributed by atoms with Gasteiger partial charge in [0, 0.05) is 62.5 Å². The first-order valence-electron chi connectivity index (χ1n) is 20.8. The number of nitrogens with one attached hydrogen (secondary N) is 3. The number of aromatic hydroxyl groups is 1. The van der Waals surface area contributed by atoms with Crippen LogP contribution in [0.4, 0.5) is 11.5 Å². The number of pyridine rings is 1. The SMILES string of the molecule is C[C@H](NC1CCC(NC(=O)C2(c3ccccc3)CCN(c3cnnc(-c4ccccc4O)c3)CC2)CC1)C1CCN(c2ccc([C@H]3CCC(=O)NC3=O)cn2)CC1. The van der Waals surface area contributed by atoms with E-state index in [1.807, 2.05) is 48.5 Å². The van der Waals surface area contributed by atoms with Gasteiger partial charge in [-0.3, -0.25) is 19.7 Å². The number of phenolic OH excluding ortho intramolecular Hbond substituents is 1. The van der Waals surface area contributed by atoms with Crippen LogP contribution in [0.25, 0.3) is 11.3 Å². The van der Waals surface area contributed by atoms with Crippen LogP contribution in [0, 0.1) is 5.92 Å². The third kappa shape index (κ3) is 8.51. The Morgan fingerprint density at radius 1 is 0.842 bits per heavy atom. The van der Waals surface area contributed by atoms with E-state index in [0.717, 1.165) is 74.2 Å². The molecule has 298 valence electrons. The maximum absolute atomic E-state index is 14.4. The highest BCUT2D eigenvalue weighted by molar-refractivity contribution is 6.00. The first kappa shape index (κ1) is 38.5. The molecular weight excluding hydrogens is 717 g/mol. The summed E-state index contributed by atoms with van der Waals surface area (Å²) >= 11 is 0. The Balaban J connectivity index is 0.815. The van der Waals surface area contributed by atoms with Crippen LogP contribution in [-0.4, -0.2) is 82.3 Å². The second-order valence-corrected chi connectivity index (χ2v) is 16.5. The molecule has 57 heavy (non-hydrogen) atoms. The number of hydrogen-bond acceptors (Lipinski definition) is 10. The van der Waals surface area contributed by atoms with Crippen LogP contribution in [-0.2, 0) is 19.8 Å². The van der Waals surface area contributed by atoms with Gasteiger partial charge < -0.3 is 25.5 Å². The summed E-state index contributed by atoms with van der Waals surface area (Å²) in [4.78, 5) is 47.5. The van der Waals surface area contributed by atoms with E-state index < -0.39 is 5.41 Å². The molecule has 2 atom stereocenters. The van der Waals surface area contributed by atoms with Gasteiger partial charge in [0.15, 0.2) is 0 Å². The van der Waals surface area contributed by atoms with Crippen molar-refractivity contribution >= 4 is 29.2 Å². The molecule has 12 heteroatoms. The summed E-state index contributed by atoms with van der Waals surface area (Å²) < 4.78 is 0. The van der Waals surface area contributed by atoms with Gasteiger partial charge in [-0.25, -0.2) is 4.98 Å². The molecule has 3 aliphatic heterocycles. The number of aromatic nitrogens is 3. The predicted molar refractivity (Wildman–Crippen MR) is 220 cm³/mol. The summed E-state index contributed by atoms with van der Waals surface area (Å²) in [6.45, 7) is 5.62. The first-order valence-corrected chi connectivity index (χ1v) is 20.8. The van der Waals surface area contributed by atoms with Gasteiger partial charge in [0.25, 0.3) is 0 Å². The first-order chi connectivity index (χ1) is 27.8. The highest BCUT2D eigenvalue weighted by Crippen LogP contribution is 2.39. The number of nitrogens with zero attached hydrogens (tertiary/aromatic N) is 5. The molecule has 2 aromatic carbocycles. The van der Waals surface area contributed by atoms with Gasteiger partial charge in [-0.2, -0.15) is 10.2 Å². The van der Waals surface area contributed by atoms with Crippen LogP contribution in [0.2, 0.25) is 0 Å². The average Bonchev–Trinajstić information content (AvgIpc) is 3.25. The van der Waals surface area contributed by atoms with E-state index in [1.54, 1.807) is 24.5 Å². The van der Waals surface area contributed by atoms with E-state index in [1.165, 1.54) is 0 Å². The van der Waals surface area contributed by atoms with E-state index in [-0.39, 0.29) is 35.4 Å². The molecule has 3 saturated heterocycles. The molecule has 0 radical (unpaired) electrons. The Bertz CT molecular complexity index is 2020. The van der Waals surface area contributed by atoms with Crippen molar-refractivity contribution in [1.82, 2.24) is 31.1 Å². The average molecular weight is 771 g/mol. The summed E-state index contributed by atoms with van der Waals surface area (Å²) in [7, 11) is 0. The Kier molecular flexibility index (Phi) is 11.5. The monoisotopic (exact) mass is 770 g/mol. The summed E-state index contributed by atoms with van der Waals surface area (Å²) in [5, 5.41) is 28.9. The zero-order valence-corrected chi connectivity index (χ0v) is 32.8. The van der Waals surface area contributed by atoms with E-state index in [4.69, 9.17) is 4.98 Å². The zero-order valence-electron chi connectivity index (χ0n) is 32.8. The molecule has 3 amide bonds. The molecule has 4 aliphatic rings. The number of benzene rings is 2. The highest BCUT2D eigenvalue weighted by atomic mass is 16.3. The minimum absolute atomic E-state index is 0.132. The smallest absolute Gasteiger partial charge is 0.234 e. The lowest BCUT2D eigenvalue weighted by Crippen LogP contribution is -2.55. The van der Waals surface area contributed by atoms with Crippen molar-refractivity contribution in [2.24, 2.45) is 5.92 Å². The lowest BCUT2D eigenvalue weighted by atomic mass is 9.71. The molecule has 4 fully saturated rings. The molecule has 1 aliphatic carbocycles. The summed E-state index contributed by atoms with van der Waals surface area (Å²) in [5.74, 6) is 1.08. The number of carbonyl (C=O) groups excluding carboxylic acids is 3. The van der Waals surface area contributed by atoms with Crippen molar-refractivity contribution in [3.05, 3.63) is 96.3 Å². The zero-order chi connectivity index (χ0) is 39.4. The third-order valence-corrected chi connectivity index (χ3v) is 13.1. The van der Waals surface area contributed by atoms with Gasteiger partial charge in [-0.1, -0.05) is 48.5 Å². The van der Waals surface area contributed by atoms with Gasteiger partial charge in [-0.15, -0.1) is 0 Å². The number of anilines is 2. The normalized spacial score (nSPS) is 23.4. The number of phenols is 1. The lowest BCUT2D eigenvalue weighted by molar-refractivity contribution is -0.134. The number of carbonyl (C=O) groups is 3. The van der Waals surface area contributed by atoms with Crippen molar-refractivity contribution in [3.63, 3.8) is 0 Å². The van der Waals surface area contributed by atoms with E-state index in [2.05, 4.69) is 55.0 Å². The highest BCUT2D eigenvalue weighted by Gasteiger charge is 2.44. The van der Waals surface area contributed by atoms with Gasteiger partial charge in [0.1, 0.15) is 11.6 Å². The molecule has 5 heterocycles. The van der Waals surface area contributed by atoms with Crippen LogP contribution in [0.15, 0.2) is 85.2 Å². The fourth-order valence-corrected chi connectivity index (χ4v) is 9.57. The minimum atomic E-state index is -0.609. The van der Waals surface area contributed by atoms with Crippen LogP contribution in [0.5, 0.6) is 5.75 Å². The quantitative estimate of drug-likeness (QED) is 0.150. The second-order valence-electron chi connectivity index (χ2n) is 16.5. The number of rotatable bonds is 10. The summed E-state index contributed by atoms with van der Waals surface area (Å²) in [6, 6.07) is 24.4. The van der Waals surface area contributed by atoms with Crippen molar-refractivity contribution < 1.29 is 19.5 Å². The molecule has 0 bridgehead atoms. The summed E-state index contributed by atoms with van der Waals surface area (Å²) in [5.41, 5.74) is 3.53. The molecule has 4 N–H and O–H groups in total. The largest absolute Gasteiger partial charge is 0.507 e. The van der Waals surface area contributed by atoms with Gasteiger partial charge in [-0.05, 0) is 106 Å². The fourth-order valence-electron chi connectivity index (χ4n) is 9.57. The van der Waals surface area contributed by atoms with Crippen LogP contribution < -0.4 is 25.8 Å². The Morgan fingerprint density at radius 2 is 1.56 bits per heavy atom. The maximum atomic E-state index is 14.4. The molecular formula is C45H54N8O4. The Labute approximate surface area is 334 Å². The van der Waals surface area contributed by atoms with Gasteiger partial charge >= 0.3 is 0 Å². The molecule has 0 unspecified atom stereocenters. The number of amides is 3. The van der Waals surface area contributed by atoms with Crippen LogP contribution in [0.1, 0.15) is 88.2 Å². The van der Waals surface area contributed by atoms with E-state index in [9.17, 15) is 19.5 Å². The summed E-state index contributed by atoms with van der Waals surface area (Å²) in [6.07, 6.45) is 12.0. The fraction of sp³-hybridized carbons (Fsp3) is 0.467. The van der Waals surface area contributed by atoms with E-state index >= 15 is 0 Å². The number of hydrogen-bond donors (Lipinski definition) is 4. The Morgan fingerprint density at radius 3 is 2.26 bits per heavy atom. The van der Waals surface area contributed by atoms with Gasteiger partial charge in [0.05, 0.1) is 28.9 Å². The molecule has 12 nitrogen and oxygen atoms in total. The standard InChI is InChI=1S/C45H54N8O4/c1-30(31-19-23-53(24-20-31)41-17-11-32(28-46-41)37-16-18-42(55)50-43(37)56)48-34-12-14-35(15-13-34)49-44(57)45(33-7-3-2-4-8-33)21-25-52(26-22-45)36-27-39(51-47-29-36)38-9-5-6-10-40(38)54/h2-11,17,27-31,34-35,37,48,54H,12-16,18-26H2,1H3,(H,49,57)(H,50,55,56)/t30-,34?,35?,37+/m0/s1. The number of imide groups is 1. The lowest BCUT2D eigenvalue weighted by Gasteiger charge is -2.43. The van der Waals surface area contributed by atoms with Crippen molar-refractivity contribution in [2.45, 2.75) is 101 Å². The van der Waals surface area contributed by atoms with Crippen molar-refractivity contribution in [2.75, 3.05) is 36.0 Å². The molecule has 1 saturated carbocycles. The maximum Gasteiger partial charge on any atom is 0.234 e. The van der Waals surface area contributed by atoms with Crippen LogP contribution in [0.3, 0.4) is 0 Å².